The summed E-state index contributed by atoms with van der Waals surface area (Å²) in [7, 11) is 0. The highest BCUT2D eigenvalue weighted by Crippen LogP contribution is 2.36. The lowest BCUT2D eigenvalue weighted by molar-refractivity contribution is -0.116. The van der Waals surface area contributed by atoms with Crippen molar-refractivity contribution in [1.82, 2.24) is 10.2 Å². The summed E-state index contributed by atoms with van der Waals surface area (Å²) in [4.78, 5) is 14.4. The smallest absolute Gasteiger partial charge is 0.246 e. The molecule has 3 heterocycles. The molecule has 22 heavy (non-hydrogen) atoms. The van der Waals surface area contributed by atoms with Crippen LogP contribution in [0.15, 0.2) is 12.1 Å². The van der Waals surface area contributed by atoms with Crippen molar-refractivity contribution in [3.63, 3.8) is 0 Å². The van der Waals surface area contributed by atoms with Gasteiger partial charge in [0.2, 0.25) is 5.91 Å². The zero-order valence-electron chi connectivity index (χ0n) is 12.8. The topological polar surface area (TPSA) is 65.6 Å². The molecule has 0 aromatic heterocycles. The molecule has 0 bridgehead atoms. The monoisotopic (exact) mass is 302 g/mol. The number of fused-ring (bicyclic) bond motifs is 3. The lowest BCUT2D eigenvalue weighted by Gasteiger charge is -2.38. The number of piperazine rings is 1. The summed E-state index contributed by atoms with van der Waals surface area (Å²) in [5.74, 6) is 0.950. The van der Waals surface area contributed by atoms with Crippen LogP contribution in [0, 0.1) is 0 Å². The molecule has 1 fully saturated rings. The van der Waals surface area contributed by atoms with Crippen LogP contribution in [-0.4, -0.2) is 49.1 Å². The van der Waals surface area contributed by atoms with Crippen molar-refractivity contribution in [2.24, 2.45) is 0 Å². The van der Waals surface area contributed by atoms with E-state index in [2.05, 4.69) is 26.9 Å². The highest BCUT2D eigenvalue weighted by atomic mass is 16.5. The molecule has 4 rings (SSSR count). The summed E-state index contributed by atoms with van der Waals surface area (Å²) in [6.07, 6.45) is 1.05. The number of ether oxygens (including phenoxy) is 1. The fourth-order valence-electron chi connectivity index (χ4n) is 3.46. The van der Waals surface area contributed by atoms with Gasteiger partial charge >= 0.3 is 0 Å². The second-order valence-corrected chi connectivity index (χ2v) is 6.33. The van der Waals surface area contributed by atoms with Gasteiger partial charge in [-0.3, -0.25) is 9.69 Å². The van der Waals surface area contributed by atoms with Crippen LogP contribution >= 0.6 is 0 Å². The minimum Gasteiger partial charge on any atom is -0.493 e. The highest BCUT2D eigenvalue weighted by Gasteiger charge is 2.28. The van der Waals surface area contributed by atoms with Crippen LogP contribution in [0.1, 0.15) is 18.9 Å². The Morgan fingerprint density at radius 2 is 2.23 bits per heavy atom. The average Bonchev–Trinajstić information content (AvgIpc) is 2.49. The van der Waals surface area contributed by atoms with Gasteiger partial charge in [0.25, 0.3) is 0 Å². The van der Waals surface area contributed by atoms with Crippen molar-refractivity contribution in [3.05, 3.63) is 17.7 Å². The van der Waals surface area contributed by atoms with Gasteiger partial charge in [0.05, 0.1) is 18.0 Å². The van der Waals surface area contributed by atoms with E-state index >= 15 is 0 Å². The maximum Gasteiger partial charge on any atom is 0.246 e. The number of benzene rings is 1. The first-order chi connectivity index (χ1) is 10.7. The number of anilines is 2. The van der Waals surface area contributed by atoms with E-state index in [0.29, 0.717) is 6.04 Å². The van der Waals surface area contributed by atoms with Crippen molar-refractivity contribution in [2.75, 3.05) is 36.9 Å². The number of amides is 1. The highest BCUT2D eigenvalue weighted by molar-refractivity contribution is 6.03. The third kappa shape index (κ3) is 2.42. The number of hydrogen-bond donors (Lipinski definition) is 3. The van der Waals surface area contributed by atoms with Gasteiger partial charge < -0.3 is 20.7 Å². The molecule has 1 aromatic carbocycles. The predicted octanol–water partition coefficient (Wildman–Crippen LogP) is 0.995. The van der Waals surface area contributed by atoms with E-state index in [-0.39, 0.29) is 11.9 Å². The summed E-state index contributed by atoms with van der Waals surface area (Å²) in [5.41, 5.74) is 2.96. The molecule has 1 aromatic rings. The van der Waals surface area contributed by atoms with E-state index in [4.69, 9.17) is 4.74 Å². The van der Waals surface area contributed by atoms with Gasteiger partial charge in [-0.05, 0) is 19.4 Å². The summed E-state index contributed by atoms with van der Waals surface area (Å²) >= 11 is 0. The van der Waals surface area contributed by atoms with Crippen LogP contribution in [0.4, 0.5) is 11.4 Å². The Morgan fingerprint density at radius 1 is 1.32 bits per heavy atom. The number of carbonyl (C=O) groups excluding carboxylic acids is 1. The van der Waals surface area contributed by atoms with E-state index in [9.17, 15) is 4.79 Å². The van der Waals surface area contributed by atoms with Crippen LogP contribution < -0.4 is 20.7 Å². The number of carbonyl (C=O) groups is 1. The van der Waals surface area contributed by atoms with Crippen molar-refractivity contribution >= 4 is 17.3 Å². The maximum absolute atomic E-state index is 11.9. The molecule has 118 valence electrons. The second kappa shape index (κ2) is 5.44. The van der Waals surface area contributed by atoms with E-state index < -0.39 is 0 Å². The van der Waals surface area contributed by atoms with Crippen molar-refractivity contribution in [1.29, 1.82) is 0 Å². The first-order valence-corrected chi connectivity index (χ1v) is 8.02. The summed E-state index contributed by atoms with van der Waals surface area (Å²) < 4.78 is 6.00. The first kappa shape index (κ1) is 13.8. The molecule has 0 radical (unpaired) electrons. The molecule has 3 aliphatic rings. The Hall–Kier alpha value is -1.79. The summed E-state index contributed by atoms with van der Waals surface area (Å²) in [6, 6.07) is 4.41. The first-order valence-electron chi connectivity index (χ1n) is 8.02. The SMILES string of the molecule is CC1Nc2cc3c(cc2NC1=O)CN1CCNC[C@H]1CCO3. The van der Waals surface area contributed by atoms with Crippen LogP contribution in [0.5, 0.6) is 5.75 Å². The van der Waals surface area contributed by atoms with Crippen molar-refractivity contribution in [2.45, 2.75) is 32.0 Å². The maximum atomic E-state index is 11.9. The van der Waals surface area contributed by atoms with Crippen LogP contribution in [-0.2, 0) is 11.3 Å². The van der Waals surface area contributed by atoms with E-state index in [1.165, 1.54) is 0 Å². The number of hydrogen-bond acceptors (Lipinski definition) is 5. The third-order valence-corrected chi connectivity index (χ3v) is 4.78. The van der Waals surface area contributed by atoms with Gasteiger partial charge in [-0.2, -0.15) is 0 Å². The van der Waals surface area contributed by atoms with Crippen LogP contribution in [0.3, 0.4) is 0 Å². The Labute approximate surface area is 130 Å². The molecule has 0 aliphatic carbocycles. The lowest BCUT2D eigenvalue weighted by atomic mass is 10.0. The number of nitrogens with zero attached hydrogens (tertiary/aromatic N) is 1. The molecular formula is C16H22N4O2. The zero-order valence-corrected chi connectivity index (χ0v) is 12.8. The fourth-order valence-corrected chi connectivity index (χ4v) is 3.46. The van der Waals surface area contributed by atoms with Crippen LogP contribution in [0.2, 0.25) is 0 Å². The number of rotatable bonds is 0. The molecule has 2 atom stereocenters. The van der Waals surface area contributed by atoms with Gasteiger partial charge in [0.15, 0.2) is 0 Å². The third-order valence-electron chi connectivity index (χ3n) is 4.78. The van der Waals surface area contributed by atoms with Crippen molar-refractivity contribution < 1.29 is 9.53 Å². The molecular weight excluding hydrogens is 280 g/mol. The Kier molecular flexibility index (Phi) is 3.43. The number of nitrogens with one attached hydrogen (secondary N) is 3. The Morgan fingerprint density at radius 3 is 3.14 bits per heavy atom. The Bertz CT molecular complexity index is 604. The van der Waals surface area contributed by atoms with Crippen LogP contribution in [0.25, 0.3) is 0 Å². The quantitative estimate of drug-likeness (QED) is 0.667. The zero-order chi connectivity index (χ0) is 15.1. The minimum absolute atomic E-state index is 0.0132. The summed E-state index contributed by atoms with van der Waals surface area (Å²) in [6.45, 7) is 6.59. The predicted molar refractivity (Wildman–Crippen MR) is 85.3 cm³/mol. The molecule has 3 N–H and O–H groups in total. The molecule has 1 unspecified atom stereocenters. The van der Waals surface area contributed by atoms with Gasteiger partial charge in [0, 0.05) is 43.9 Å². The van der Waals surface area contributed by atoms with Gasteiger partial charge in [-0.1, -0.05) is 0 Å². The normalized spacial score (nSPS) is 28.0. The average molecular weight is 302 g/mol. The fraction of sp³-hybridized carbons (Fsp3) is 0.562. The second-order valence-electron chi connectivity index (χ2n) is 6.33. The molecule has 0 saturated carbocycles. The standard InChI is InChI=1S/C16H22N4O2/c1-10-16(21)19-13-6-11-9-20-4-3-17-8-12(20)2-5-22-15(11)7-14(13)18-10/h6-7,10,12,17-18H,2-5,8-9H2,1H3,(H,19,21)/t10?,12-/m1/s1. The molecule has 1 amide bonds. The van der Waals surface area contributed by atoms with Gasteiger partial charge in [0.1, 0.15) is 11.8 Å². The van der Waals surface area contributed by atoms with E-state index in [1.54, 1.807) is 0 Å². The van der Waals surface area contributed by atoms with Gasteiger partial charge in [-0.15, -0.1) is 0 Å². The lowest BCUT2D eigenvalue weighted by Crippen LogP contribution is -2.51. The summed E-state index contributed by atoms with van der Waals surface area (Å²) in [5, 5.41) is 9.67. The van der Waals surface area contributed by atoms with Crippen molar-refractivity contribution in [3.8, 4) is 5.75 Å². The van der Waals surface area contributed by atoms with E-state index in [1.807, 2.05) is 13.0 Å². The molecule has 3 aliphatic heterocycles. The molecule has 0 spiro atoms. The molecule has 6 heteroatoms. The Balaban J connectivity index is 1.67. The van der Waals surface area contributed by atoms with Gasteiger partial charge in [-0.25, -0.2) is 0 Å². The van der Waals surface area contributed by atoms with E-state index in [0.717, 1.165) is 61.9 Å². The molecule has 1 saturated heterocycles. The molecule has 6 nitrogen and oxygen atoms in total. The minimum atomic E-state index is -0.211. The largest absolute Gasteiger partial charge is 0.493 e.